The number of anilines is 1. The number of nitrogens with one attached hydrogen (secondary N) is 3. The van der Waals surface area contributed by atoms with Gasteiger partial charge in [0.1, 0.15) is 5.75 Å². The van der Waals surface area contributed by atoms with E-state index in [9.17, 15) is 26.3 Å². The maximum absolute atomic E-state index is 13.4. The number of halogens is 6. The third kappa shape index (κ3) is 7.10. The Morgan fingerprint density at radius 3 is 2.39 bits per heavy atom. The molecule has 220 valence electrons. The van der Waals surface area contributed by atoms with Crippen molar-refractivity contribution in [1.82, 2.24) is 15.6 Å². The minimum atomic E-state index is -4.98. The fourth-order valence-electron chi connectivity index (χ4n) is 5.43. The zero-order valence-corrected chi connectivity index (χ0v) is 23.2. The fourth-order valence-corrected chi connectivity index (χ4v) is 5.68. The molecule has 12 heteroatoms. The predicted octanol–water partition coefficient (Wildman–Crippen LogP) is 7.36. The van der Waals surface area contributed by atoms with Crippen molar-refractivity contribution in [3.05, 3.63) is 78.0 Å². The largest absolute Gasteiger partial charge is 0.497 e. The molecule has 1 saturated heterocycles. The Hall–Kier alpha value is -3.38. The van der Waals surface area contributed by atoms with Crippen molar-refractivity contribution < 1.29 is 31.1 Å². The summed E-state index contributed by atoms with van der Waals surface area (Å²) in [5, 5.41) is 9.79. The number of rotatable bonds is 7. The van der Waals surface area contributed by atoms with E-state index in [0.29, 0.717) is 23.4 Å². The van der Waals surface area contributed by atoms with Crippen molar-refractivity contribution in [1.29, 1.82) is 0 Å². The molecule has 2 heterocycles. The topological polar surface area (TPSA) is 58.2 Å². The molecule has 2 aromatic carbocycles. The van der Waals surface area contributed by atoms with E-state index < -0.39 is 35.2 Å². The van der Waals surface area contributed by atoms with Crippen LogP contribution in [0.25, 0.3) is 10.9 Å². The molecule has 0 radical (unpaired) electrons. The standard InChI is InChI=1S/C29H30F6N4OS/c1-4-17-15-36-9-7-22(17)16(2)26(23-8-10-37-25-6-5-21(40-3)14-24(23)25)39-27(41)38-20-12-18(28(30,31)32)11-19(13-20)29(33,34)35/h4-6,8,10-14,16-17,22,26,36H,1,7,9,15H2,2-3H3,(H2,38,39,41). The molecule has 0 spiro atoms. The van der Waals surface area contributed by atoms with Gasteiger partial charge in [-0.15, -0.1) is 6.58 Å². The number of alkyl halides is 6. The molecule has 0 saturated carbocycles. The van der Waals surface area contributed by atoms with Crippen LogP contribution >= 0.6 is 12.2 Å². The lowest BCUT2D eigenvalue weighted by Gasteiger charge is -2.39. The van der Waals surface area contributed by atoms with Crippen molar-refractivity contribution in [3.63, 3.8) is 0 Å². The van der Waals surface area contributed by atoms with Crippen LogP contribution in [0.4, 0.5) is 32.0 Å². The maximum atomic E-state index is 13.4. The first-order valence-corrected chi connectivity index (χ1v) is 13.4. The Balaban J connectivity index is 1.73. The van der Waals surface area contributed by atoms with Crippen LogP contribution in [0.5, 0.6) is 5.75 Å². The first kappa shape index (κ1) is 30.6. The van der Waals surface area contributed by atoms with Crippen LogP contribution in [0, 0.1) is 17.8 Å². The molecule has 5 nitrogen and oxygen atoms in total. The summed E-state index contributed by atoms with van der Waals surface area (Å²) < 4.78 is 86.0. The fraction of sp³-hybridized carbons (Fsp3) is 0.379. The van der Waals surface area contributed by atoms with Gasteiger partial charge in [0.05, 0.1) is 29.8 Å². The molecule has 1 fully saturated rings. The molecule has 1 aliphatic rings. The average Bonchev–Trinajstić information content (AvgIpc) is 2.93. The second-order valence-corrected chi connectivity index (χ2v) is 10.5. The number of piperidine rings is 1. The molecule has 0 bridgehead atoms. The minimum Gasteiger partial charge on any atom is -0.497 e. The molecule has 4 atom stereocenters. The van der Waals surface area contributed by atoms with E-state index in [4.69, 9.17) is 17.0 Å². The van der Waals surface area contributed by atoms with Crippen LogP contribution in [0.2, 0.25) is 0 Å². The number of benzene rings is 2. The molecule has 0 aliphatic carbocycles. The molecule has 1 aromatic heterocycles. The first-order valence-electron chi connectivity index (χ1n) is 12.9. The third-order valence-corrected chi connectivity index (χ3v) is 7.76. The Bertz CT molecular complexity index is 1380. The maximum Gasteiger partial charge on any atom is 0.416 e. The smallest absolute Gasteiger partial charge is 0.416 e. The number of thiocarbonyl (C=S) groups is 1. The van der Waals surface area contributed by atoms with Gasteiger partial charge < -0.3 is 20.7 Å². The number of nitrogens with zero attached hydrogens (tertiary/aromatic N) is 1. The highest BCUT2D eigenvalue weighted by molar-refractivity contribution is 7.80. The second kappa shape index (κ2) is 12.2. The van der Waals surface area contributed by atoms with Gasteiger partial charge >= 0.3 is 12.4 Å². The summed E-state index contributed by atoms with van der Waals surface area (Å²) in [6, 6.07) is 8.07. The summed E-state index contributed by atoms with van der Waals surface area (Å²) in [4.78, 5) is 4.44. The van der Waals surface area contributed by atoms with E-state index in [-0.39, 0.29) is 28.9 Å². The molecule has 4 unspecified atom stereocenters. The highest BCUT2D eigenvalue weighted by Gasteiger charge is 2.38. The molecular formula is C29H30F6N4OS. The van der Waals surface area contributed by atoms with Crippen LogP contribution in [0.15, 0.2) is 61.3 Å². The number of hydrogen-bond donors (Lipinski definition) is 3. The highest BCUT2D eigenvalue weighted by atomic mass is 32.1. The molecule has 3 aromatic rings. The van der Waals surface area contributed by atoms with Crippen LogP contribution in [0.1, 0.15) is 36.1 Å². The Kier molecular flexibility index (Phi) is 9.13. The molecular weight excluding hydrogens is 566 g/mol. The van der Waals surface area contributed by atoms with Gasteiger partial charge in [-0.25, -0.2) is 0 Å². The molecule has 41 heavy (non-hydrogen) atoms. The monoisotopic (exact) mass is 596 g/mol. The molecule has 4 rings (SSSR count). The van der Waals surface area contributed by atoms with Gasteiger partial charge in [-0.1, -0.05) is 13.0 Å². The van der Waals surface area contributed by atoms with Gasteiger partial charge in [0.25, 0.3) is 0 Å². The lowest BCUT2D eigenvalue weighted by molar-refractivity contribution is -0.143. The number of fused-ring (bicyclic) bond motifs is 1. The summed E-state index contributed by atoms with van der Waals surface area (Å²) >= 11 is 5.48. The number of aromatic nitrogens is 1. The Morgan fingerprint density at radius 2 is 1.78 bits per heavy atom. The lowest BCUT2D eigenvalue weighted by atomic mass is 9.73. The van der Waals surface area contributed by atoms with E-state index in [0.717, 1.165) is 30.5 Å². The predicted molar refractivity (Wildman–Crippen MR) is 151 cm³/mol. The Labute approximate surface area is 239 Å². The number of ether oxygens (including phenoxy) is 1. The summed E-state index contributed by atoms with van der Waals surface area (Å²) in [6.07, 6.45) is -5.57. The molecule has 1 aliphatic heterocycles. The van der Waals surface area contributed by atoms with Gasteiger partial charge in [0.2, 0.25) is 0 Å². The number of hydrogen-bond acceptors (Lipinski definition) is 4. The quantitative estimate of drug-likeness (QED) is 0.151. The SMILES string of the molecule is C=CC1CNCCC1C(C)C(NC(=S)Nc1cc(C(F)(F)F)cc(C(F)(F)F)c1)c1ccnc2ccc(OC)cc12. The normalized spacial score (nSPS) is 19.3. The minimum absolute atomic E-state index is 0.0789. The molecule has 3 N–H and O–H groups in total. The van der Waals surface area contributed by atoms with Crippen molar-refractivity contribution in [3.8, 4) is 5.75 Å². The zero-order chi connectivity index (χ0) is 29.9. The lowest BCUT2D eigenvalue weighted by Crippen LogP contribution is -2.44. The van der Waals surface area contributed by atoms with E-state index in [1.807, 2.05) is 31.2 Å². The van der Waals surface area contributed by atoms with Gasteiger partial charge in [-0.2, -0.15) is 26.3 Å². The average molecular weight is 597 g/mol. The summed E-state index contributed by atoms with van der Waals surface area (Å²) in [5.41, 5.74) is -1.79. The number of pyridine rings is 1. The van der Waals surface area contributed by atoms with Crippen LogP contribution < -0.4 is 20.7 Å². The van der Waals surface area contributed by atoms with Gasteiger partial charge in [0, 0.05) is 23.8 Å². The second-order valence-electron chi connectivity index (χ2n) is 10.1. The van der Waals surface area contributed by atoms with Crippen molar-refractivity contribution >= 4 is 33.9 Å². The summed E-state index contributed by atoms with van der Waals surface area (Å²) in [7, 11) is 1.54. The van der Waals surface area contributed by atoms with Gasteiger partial charge in [-0.3, -0.25) is 4.98 Å². The highest BCUT2D eigenvalue weighted by Crippen LogP contribution is 2.40. The Morgan fingerprint density at radius 1 is 1.10 bits per heavy atom. The first-order chi connectivity index (χ1) is 19.3. The van der Waals surface area contributed by atoms with Crippen molar-refractivity contribution in [2.75, 3.05) is 25.5 Å². The van der Waals surface area contributed by atoms with Crippen LogP contribution in [-0.2, 0) is 12.4 Å². The van der Waals surface area contributed by atoms with Gasteiger partial charge in [-0.05, 0) is 91.0 Å². The molecule has 0 amide bonds. The van der Waals surface area contributed by atoms with Gasteiger partial charge in [0.15, 0.2) is 5.11 Å². The van der Waals surface area contributed by atoms with Crippen molar-refractivity contribution in [2.45, 2.75) is 31.7 Å². The van der Waals surface area contributed by atoms with E-state index >= 15 is 0 Å². The zero-order valence-electron chi connectivity index (χ0n) is 22.4. The van der Waals surface area contributed by atoms with Crippen LogP contribution in [-0.4, -0.2) is 30.3 Å². The third-order valence-electron chi connectivity index (χ3n) is 7.54. The summed E-state index contributed by atoms with van der Waals surface area (Å²) in [5.74, 6) is 0.829. The number of methoxy groups -OCH3 is 1. The van der Waals surface area contributed by atoms with E-state index in [1.165, 1.54) is 0 Å². The van der Waals surface area contributed by atoms with Crippen LogP contribution in [0.3, 0.4) is 0 Å². The summed E-state index contributed by atoms with van der Waals surface area (Å²) in [6.45, 7) is 7.57. The van der Waals surface area contributed by atoms with Crippen molar-refractivity contribution in [2.24, 2.45) is 17.8 Å². The van der Waals surface area contributed by atoms with E-state index in [2.05, 4.69) is 27.5 Å². The van der Waals surface area contributed by atoms with E-state index in [1.54, 1.807) is 19.4 Å².